The lowest BCUT2D eigenvalue weighted by Crippen LogP contribution is -2.10. The van der Waals surface area contributed by atoms with Crippen LogP contribution in [0.1, 0.15) is 40.5 Å². The van der Waals surface area contributed by atoms with Crippen LogP contribution in [0.4, 0.5) is 0 Å². The number of hydrogen-bond donors (Lipinski definition) is 1. The highest BCUT2D eigenvalue weighted by atomic mass is 16.2. The number of aliphatic hydroxyl groups excluding tert-OH is 1. The molecule has 0 amide bonds. The lowest BCUT2D eigenvalue weighted by Gasteiger charge is -2.01. The fraction of sp³-hybridized carbons (Fsp3) is 1.00. The molecule has 78 valence electrons. The number of aliphatic hydroxyl groups is 1. The molecule has 0 aromatic rings. The molecule has 2 heteroatoms. The zero-order valence-electron chi connectivity index (χ0n) is 9.72. The molecule has 2 nitrogen and oxygen atoms in total. The molecule has 0 aromatic carbocycles. The fourth-order valence-corrected chi connectivity index (χ4v) is 0.875. The van der Waals surface area contributed by atoms with E-state index in [1.165, 1.54) is 25.9 Å². The molecule has 1 aliphatic heterocycles. The van der Waals surface area contributed by atoms with Gasteiger partial charge in [-0.15, -0.1) is 0 Å². The number of nitrogens with zero attached hydrogens (tertiary/aromatic N) is 1. The Balaban J connectivity index is -0.000000117. The van der Waals surface area contributed by atoms with Gasteiger partial charge in [0.2, 0.25) is 0 Å². The second-order valence-corrected chi connectivity index (χ2v) is 2.01. The Kier molecular flexibility index (Phi) is 33.4. The molecule has 12 heavy (non-hydrogen) atoms. The first kappa shape index (κ1) is 17.9. The quantitative estimate of drug-likeness (QED) is 0.614. The highest BCUT2D eigenvalue weighted by molar-refractivity contribution is 4.59. The lowest BCUT2D eigenvalue weighted by atomic mass is 10.4. The summed E-state index contributed by atoms with van der Waals surface area (Å²) in [6.45, 7) is 10.6. The molecule has 1 heterocycles. The minimum absolute atomic E-state index is 1.00. The standard InChI is InChI=1S/C5H11N.2C2H6.CH4O/c1-6-4-2-3-5-6;3*1-2/h2-5H2,1H3;2*1-2H3;2H,1H3. The van der Waals surface area contributed by atoms with Gasteiger partial charge in [-0.3, -0.25) is 0 Å². The van der Waals surface area contributed by atoms with Crippen molar-refractivity contribution in [2.75, 3.05) is 27.2 Å². The van der Waals surface area contributed by atoms with Gasteiger partial charge < -0.3 is 10.0 Å². The summed E-state index contributed by atoms with van der Waals surface area (Å²) in [5.41, 5.74) is 0. The second-order valence-electron chi connectivity index (χ2n) is 2.01. The molecule has 0 unspecified atom stereocenters. The van der Waals surface area contributed by atoms with Gasteiger partial charge in [-0.1, -0.05) is 27.7 Å². The molecule has 0 spiro atoms. The Morgan fingerprint density at radius 1 is 0.833 bits per heavy atom. The van der Waals surface area contributed by atoms with Crippen LogP contribution in [0.15, 0.2) is 0 Å². The van der Waals surface area contributed by atoms with Crippen LogP contribution in [0.3, 0.4) is 0 Å². The molecule has 0 aliphatic carbocycles. The van der Waals surface area contributed by atoms with Crippen LogP contribution < -0.4 is 0 Å². The largest absolute Gasteiger partial charge is 0.400 e. The maximum atomic E-state index is 7.00. The lowest BCUT2D eigenvalue weighted by molar-refractivity contribution is 0.399. The molecule has 0 atom stereocenters. The van der Waals surface area contributed by atoms with Crippen molar-refractivity contribution >= 4 is 0 Å². The summed E-state index contributed by atoms with van der Waals surface area (Å²) in [6.07, 6.45) is 2.83. The first-order valence-electron chi connectivity index (χ1n) is 5.03. The van der Waals surface area contributed by atoms with Crippen molar-refractivity contribution in [3.8, 4) is 0 Å². The normalized spacial score (nSPS) is 14.2. The van der Waals surface area contributed by atoms with Gasteiger partial charge in [0.25, 0.3) is 0 Å². The summed E-state index contributed by atoms with van der Waals surface area (Å²) in [4.78, 5) is 2.36. The molecular formula is C10H27NO. The predicted molar refractivity (Wildman–Crippen MR) is 57.6 cm³/mol. The third-order valence-corrected chi connectivity index (χ3v) is 1.33. The molecule has 1 aliphatic rings. The van der Waals surface area contributed by atoms with Crippen molar-refractivity contribution in [2.24, 2.45) is 0 Å². The van der Waals surface area contributed by atoms with Gasteiger partial charge in [-0.05, 0) is 33.0 Å². The van der Waals surface area contributed by atoms with Gasteiger partial charge in [0.1, 0.15) is 0 Å². The van der Waals surface area contributed by atoms with E-state index in [1.807, 2.05) is 27.7 Å². The zero-order valence-corrected chi connectivity index (χ0v) is 9.72. The van der Waals surface area contributed by atoms with Gasteiger partial charge >= 0.3 is 0 Å². The molecule has 1 fully saturated rings. The minimum Gasteiger partial charge on any atom is -0.400 e. The van der Waals surface area contributed by atoms with Gasteiger partial charge in [-0.25, -0.2) is 0 Å². The van der Waals surface area contributed by atoms with Crippen molar-refractivity contribution in [3.05, 3.63) is 0 Å². The molecule has 0 radical (unpaired) electrons. The van der Waals surface area contributed by atoms with Crippen molar-refractivity contribution < 1.29 is 5.11 Å². The summed E-state index contributed by atoms with van der Waals surface area (Å²) in [5, 5.41) is 7.00. The fourth-order valence-electron chi connectivity index (χ4n) is 0.875. The van der Waals surface area contributed by atoms with E-state index in [0.717, 1.165) is 7.11 Å². The van der Waals surface area contributed by atoms with Gasteiger partial charge in [-0.2, -0.15) is 0 Å². The van der Waals surface area contributed by atoms with Crippen LogP contribution >= 0.6 is 0 Å². The minimum atomic E-state index is 1.00. The Morgan fingerprint density at radius 2 is 1.08 bits per heavy atom. The van der Waals surface area contributed by atoms with E-state index >= 15 is 0 Å². The Morgan fingerprint density at radius 3 is 1.17 bits per heavy atom. The maximum absolute atomic E-state index is 7.00. The van der Waals surface area contributed by atoms with E-state index in [0.29, 0.717) is 0 Å². The summed E-state index contributed by atoms with van der Waals surface area (Å²) in [6, 6.07) is 0. The summed E-state index contributed by atoms with van der Waals surface area (Å²) < 4.78 is 0. The molecule has 1 saturated heterocycles. The smallest absolute Gasteiger partial charge is 0.0319 e. The van der Waals surface area contributed by atoms with E-state index in [-0.39, 0.29) is 0 Å². The van der Waals surface area contributed by atoms with Crippen molar-refractivity contribution in [3.63, 3.8) is 0 Å². The summed E-state index contributed by atoms with van der Waals surface area (Å²) in [5.74, 6) is 0. The van der Waals surface area contributed by atoms with Crippen molar-refractivity contribution in [1.29, 1.82) is 0 Å². The van der Waals surface area contributed by atoms with E-state index < -0.39 is 0 Å². The summed E-state index contributed by atoms with van der Waals surface area (Å²) >= 11 is 0. The molecule has 1 rings (SSSR count). The van der Waals surface area contributed by atoms with Crippen LogP contribution in [0.5, 0.6) is 0 Å². The first-order valence-corrected chi connectivity index (χ1v) is 5.03. The van der Waals surface area contributed by atoms with Crippen LogP contribution in [-0.4, -0.2) is 37.3 Å². The van der Waals surface area contributed by atoms with E-state index in [4.69, 9.17) is 5.11 Å². The third kappa shape index (κ3) is 16.5. The average Bonchev–Trinajstić information content (AvgIpc) is 2.66. The monoisotopic (exact) mass is 177 g/mol. The molecule has 0 saturated carbocycles. The highest BCUT2D eigenvalue weighted by Crippen LogP contribution is 2.01. The molecular weight excluding hydrogens is 150 g/mol. The Hall–Kier alpha value is -0.0800. The average molecular weight is 177 g/mol. The second kappa shape index (κ2) is 22.4. The zero-order chi connectivity index (χ0) is 10.4. The predicted octanol–water partition coefficient (Wildman–Crippen LogP) is 2.37. The van der Waals surface area contributed by atoms with E-state index in [9.17, 15) is 0 Å². The van der Waals surface area contributed by atoms with Crippen LogP contribution in [-0.2, 0) is 0 Å². The Bertz CT molecular complexity index is 43.1. The SMILES string of the molecule is CC.CC.CN1CCCC1.CO. The van der Waals surface area contributed by atoms with E-state index in [2.05, 4.69) is 11.9 Å². The topological polar surface area (TPSA) is 23.5 Å². The number of likely N-dealkylation sites (tertiary alicyclic amines) is 1. The van der Waals surface area contributed by atoms with Crippen LogP contribution in [0.2, 0.25) is 0 Å². The van der Waals surface area contributed by atoms with E-state index in [1.54, 1.807) is 0 Å². The Labute approximate surface area is 78.6 Å². The van der Waals surface area contributed by atoms with Crippen LogP contribution in [0.25, 0.3) is 0 Å². The van der Waals surface area contributed by atoms with Gasteiger partial charge in [0.05, 0.1) is 0 Å². The molecule has 0 aromatic heterocycles. The molecule has 1 N–H and O–H groups in total. The van der Waals surface area contributed by atoms with Gasteiger partial charge in [0, 0.05) is 7.11 Å². The summed E-state index contributed by atoms with van der Waals surface area (Å²) in [7, 11) is 3.17. The third-order valence-electron chi connectivity index (χ3n) is 1.33. The van der Waals surface area contributed by atoms with Crippen molar-refractivity contribution in [2.45, 2.75) is 40.5 Å². The maximum Gasteiger partial charge on any atom is 0.0319 e. The number of rotatable bonds is 0. The highest BCUT2D eigenvalue weighted by Gasteiger charge is 2.03. The van der Waals surface area contributed by atoms with Gasteiger partial charge in [0.15, 0.2) is 0 Å². The first-order chi connectivity index (χ1) is 5.89. The molecule has 0 bridgehead atoms. The van der Waals surface area contributed by atoms with Crippen molar-refractivity contribution in [1.82, 2.24) is 4.90 Å². The van der Waals surface area contributed by atoms with Crippen LogP contribution in [0, 0.1) is 0 Å². The number of hydrogen-bond acceptors (Lipinski definition) is 2.